The Labute approximate surface area is 123 Å². The molecule has 21 heavy (non-hydrogen) atoms. The maximum absolute atomic E-state index is 4.63. The van der Waals surface area contributed by atoms with Gasteiger partial charge < -0.3 is 10.6 Å². The number of para-hydroxylation sites is 2. The predicted molar refractivity (Wildman–Crippen MR) is 84.7 cm³/mol. The lowest BCUT2D eigenvalue weighted by molar-refractivity contribution is 0.645. The van der Waals surface area contributed by atoms with E-state index in [1.807, 2.05) is 24.3 Å². The van der Waals surface area contributed by atoms with Crippen molar-refractivity contribution in [1.29, 1.82) is 0 Å². The minimum atomic E-state index is 0.792. The van der Waals surface area contributed by atoms with Gasteiger partial charge in [-0.05, 0) is 42.3 Å². The summed E-state index contributed by atoms with van der Waals surface area (Å²) in [6, 6.07) is 14.3. The van der Waals surface area contributed by atoms with E-state index in [0.29, 0.717) is 0 Å². The zero-order valence-electron chi connectivity index (χ0n) is 11.6. The summed E-state index contributed by atoms with van der Waals surface area (Å²) in [5.41, 5.74) is 5.71. The van der Waals surface area contributed by atoms with E-state index in [9.17, 15) is 0 Å². The molecule has 0 atom stereocenters. The SMILES string of the molecule is c1cc2c(c(Nc3cnc4ccccc4n3)c1)CCNC2. The molecule has 0 fully saturated rings. The highest BCUT2D eigenvalue weighted by Gasteiger charge is 2.12. The fourth-order valence-electron chi connectivity index (χ4n) is 2.80. The summed E-state index contributed by atoms with van der Waals surface area (Å²) in [6.07, 6.45) is 2.84. The third-order valence-electron chi connectivity index (χ3n) is 3.85. The lowest BCUT2D eigenvalue weighted by atomic mass is 9.99. The fraction of sp³-hybridized carbons (Fsp3) is 0.176. The first-order valence-electron chi connectivity index (χ1n) is 7.20. The Morgan fingerprint density at radius 2 is 1.90 bits per heavy atom. The molecule has 0 spiro atoms. The average Bonchev–Trinajstić information content (AvgIpc) is 2.55. The molecule has 0 radical (unpaired) electrons. The Kier molecular flexibility index (Phi) is 3.01. The van der Waals surface area contributed by atoms with E-state index in [4.69, 9.17) is 0 Å². The largest absolute Gasteiger partial charge is 0.339 e. The molecule has 4 heteroatoms. The Hall–Kier alpha value is -2.46. The average molecular weight is 276 g/mol. The summed E-state index contributed by atoms with van der Waals surface area (Å²) in [5, 5.41) is 6.82. The summed E-state index contributed by atoms with van der Waals surface area (Å²) in [6.45, 7) is 1.96. The molecule has 0 bridgehead atoms. The van der Waals surface area contributed by atoms with Gasteiger partial charge in [0.15, 0.2) is 0 Å². The van der Waals surface area contributed by atoms with Gasteiger partial charge in [-0.2, -0.15) is 0 Å². The first-order valence-corrected chi connectivity index (χ1v) is 7.20. The highest BCUT2D eigenvalue weighted by Crippen LogP contribution is 2.25. The van der Waals surface area contributed by atoms with Crippen LogP contribution in [0.3, 0.4) is 0 Å². The van der Waals surface area contributed by atoms with Crippen LogP contribution in [0.1, 0.15) is 11.1 Å². The normalized spacial score (nSPS) is 13.9. The quantitative estimate of drug-likeness (QED) is 0.755. The summed E-state index contributed by atoms with van der Waals surface area (Å²) in [7, 11) is 0. The van der Waals surface area contributed by atoms with Crippen LogP contribution >= 0.6 is 0 Å². The van der Waals surface area contributed by atoms with Gasteiger partial charge in [-0.1, -0.05) is 24.3 Å². The smallest absolute Gasteiger partial charge is 0.149 e. The Bertz CT molecular complexity index is 798. The number of rotatable bonds is 2. The Balaban J connectivity index is 1.71. The van der Waals surface area contributed by atoms with Crippen LogP contribution in [0.5, 0.6) is 0 Å². The van der Waals surface area contributed by atoms with E-state index >= 15 is 0 Å². The highest BCUT2D eigenvalue weighted by atomic mass is 15.0. The Morgan fingerprint density at radius 1 is 1.00 bits per heavy atom. The van der Waals surface area contributed by atoms with Gasteiger partial charge in [0.25, 0.3) is 0 Å². The molecule has 0 amide bonds. The molecule has 0 saturated heterocycles. The van der Waals surface area contributed by atoms with E-state index in [-0.39, 0.29) is 0 Å². The van der Waals surface area contributed by atoms with Crippen molar-refractivity contribution in [3.8, 4) is 0 Å². The minimum absolute atomic E-state index is 0.792. The van der Waals surface area contributed by atoms with Crippen molar-refractivity contribution < 1.29 is 0 Å². The molecule has 0 aliphatic carbocycles. The fourth-order valence-corrected chi connectivity index (χ4v) is 2.80. The van der Waals surface area contributed by atoms with Crippen LogP contribution in [-0.4, -0.2) is 16.5 Å². The predicted octanol–water partition coefficient (Wildman–Crippen LogP) is 3.02. The second kappa shape index (κ2) is 5.14. The second-order valence-electron chi connectivity index (χ2n) is 5.24. The topological polar surface area (TPSA) is 49.8 Å². The number of nitrogens with one attached hydrogen (secondary N) is 2. The summed E-state index contributed by atoms with van der Waals surface area (Å²) >= 11 is 0. The molecule has 4 rings (SSSR count). The molecule has 2 N–H and O–H groups in total. The van der Waals surface area contributed by atoms with Gasteiger partial charge in [-0.3, -0.25) is 4.98 Å². The molecule has 4 nitrogen and oxygen atoms in total. The van der Waals surface area contributed by atoms with Gasteiger partial charge in [-0.25, -0.2) is 4.98 Å². The molecule has 1 aliphatic heterocycles. The number of aromatic nitrogens is 2. The van der Waals surface area contributed by atoms with Crippen molar-refractivity contribution in [2.45, 2.75) is 13.0 Å². The molecule has 1 aliphatic rings. The van der Waals surface area contributed by atoms with Gasteiger partial charge in [0.1, 0.15) is 5.82 Å². The van der Waals surface area contributed by atoms with E-state index in [0.717, 1.165) is 42.0 Å². The lowest BCUT2D eigenvalue weighted by Gasteiger charge is -2.20. The first kappa shape index (κ1) is 12.3. The molecule has 1 aromatic heterocycles. The van der Waals surface area contributed by atoms with E-state index < -0.39 is 0 Å². The zero-order valence-corrected chi connectivity index (χ0v) is 11.6. The number of benzene rings is 2. The number of anilines is 2. The van der Waals surface area contributed by atoms with Crippen molar-refractivity contribution in [2.24, 2.45) is 0 Å². The molecule has 3 aromatic rings. The van der Waals surface area contributed by atoms with Gasteiger partial charge in [-0.15, -0.1) is 0 Å². The first-order chi connectivity index (χ1) is 10.4. The van der Waals surface area contributed by atoms with Crippen LogP contribution in [0, 0.1) is 0 Å². The number of fused-ring (bicyclic) bond motifs is 2. The highest BCUT2D eigenvalue weighted by molar-refractivity contribution is 5.76. The van der Waals surface area contributed by atoms with Crippen LogP contribution < -0.4 is 10.6 Å². The van der Waals surface area contributed by atoms with Gasteiger partial charge in [0.2, 0.25) is 0 Å². The number of hydrogen-bond acceptors (Lipinski definition) is 4. The van der Waals surface area contributed by atoms with Gasteiger partial charge >= 0.3 is 0 Å². The van der Waals surface area contributed by atoms with Crippen LogP contribution in [0.25, 0.3) is 11.0 Å². The van der Waals surface area contributed by atoms with Gasteiger partial charge in [0.05, 0.1) is 17.2 Å². The summed E-state index contributed by atoms with van der Waals surface area (Å²) < 4.78 is 0. The van der Waals surface area contributed by atoms with Crippen molar-refractivity contribution >= 4 is 22.5 Å². The molecule has 0 saturated carbocycles. The monoisotopic (exact) mass is 276 g/mol. The number of hydrogen-bond donors (Lipinski definition) is 2. The van der Waals surface area contributed by atoms with Crippen LogP contribution in [0.4, 0.5) is 11.5 Å². The molecular formula is C17H16N4. The molecule has 2 aromatic carbocycles. The lowest BCUT2D eigenvalue weighted by Crippen LogP contribution is -2.24. The molecular weight excluding hydrogens is 260 g/mol. The van der Waals surface area contributed by atoms with Gasteiger partial charge in [0, 0.05) is 12.2 Å². The molecule has 0 unspecified atom stereocenters. The minimum Gasteiger partial charge on any atom is -0.339 e. The third-order valence-corrected chi connectivity index (χ3v) is 3.85. The van der Waals surface area contributed by atoms with Crippen molar-refractivity contribution in [1.82, 2.24) is 15.3 Å². The Morgan fingerprint density at radius 3 is 2.86 bits per heavy atom. The second-order valence-corrected chi connectivity index (χ2v) is 5.24. The van der Waals surface area contributed by atoms with Crippen molar-refractivity contribution in [2.75, 3.05) is 11.9 Å². The van der Waals surface area contributed by atoms with Crippen LogP contribution in [-0.2, 0) is 13.0 Å². The zero-order chi connectivity index (χ0) is 14.1. The van der Waals surface area contributed by atoms with E-state index in [1.54, 1.807) is 6.20 Å². The van der Waals surface area contributed by atoms with Crippen molar-refractivity contribution in [3.05, 3.63) is 59.8 Å². The van der Waals surface area contributed by atoms with Crippen LogP contribution in [0.15, 0.2) is 48.7 Å². The third kappa shape index (κ3) is 2.34. The standard InChI is InChI=1S/C17H16N4/c1-2-6-16-15(5-1)19-11-17(21-16)20-14-7-3-4-12-10-18-9-8-13(12)14/h1-7,11,18H,8-10H2,(H,20,21). The maximum Gasteiger partial charge on any atom is 0.149 e. The van der Waals surface area contributed by atoms with Crippen LogP contribution in [0.2, 0.25) is 0 Å². The van der Waals surface area contributed by atoms with Crippen molar-refractivity contribution in [3.63, 3.8) is 0 Å². The van der Waals surface area contributed by atoms with E-state index in [1.165, 1.54) is 11.1 Å². The summed E-state index contributed by atoms with van der Waals surface area (Å²) in [5.74, 6) is 0.792. The summed E-state index contributed by atoms with van der Waals surface area (Å²) in [4.78, 5) is 9.08. The molecule has 2 heterocycles. The maximum atomic E-state index is 4.63. The molecule has 104 valence electrons. The van der Waals surface area contributed by atoms with E-state index in [2.05, 4.69) is 38.8 Å². The number of nitrogens with zero attached hydrogens (tertiary/aromatic N) is 2.